The Kier molecular flexibility index (Phi) is 2.70. The number of fused-ring (bicyclic) bond motifs is 4. The van der Waals surface area contributed by atoms with Crippen molar-refractivity contribution in [2.24, 2.45) is 5.92 Å². The van der Waals surface area contributed by atoms with Crippen molar-refractivity contribution in [1.29, 1.82) is 0 Å². The second-order valence-corrected chi connectivity index (χ2v) is 6.52. The molecule has 3 aliphatic carbocycles. The largest absolute Gasteiger partial charge is 0.504 e. The van der Waals surface area contributed by atoms with Crippen molar-refractivity contribution in [2.75, 3.05) is 6.61 Å². The minimum atomic E-state index is -1.08. The number of ketones is 1. The fourth-order valence-corrected chi connectivity index (χ4v) is 4.21. The molecule has 5 nitrogen and oxygen atoms in total. The van der Waals surface area contributed by atoms with Gasteiger partial charge in [-0.1, -0.05) is 0 Å². The molecule has 4 rings (SSSR count). The molecule has 0 aromatic heterocycles. The molecule has 0 aromatic rings. The van der Waals surface area contributed by atoms with Gasteiger partial charge in [-0.3, -0.25) is 4.79 Å². The molecule has 4 aliphatic rings. The lowest BCUT2D eigenvalue weighted by Gasteiger charge is -2.45. The Balaban J connectivity index is 1.82. The zero-order valence-corrected chi connectivity index (χ0v) is 11.6. The molecular weight excluding hydrogens is 272 g/mol. The van der Waals surface area contributed by atoms with Gasteiger partial charge in [-0.05, 0) is 41.7 Å². The molecule has 1 saturated carbocycles. The van der Waals surface area contributed by atoms with Crippen LogP contribution in [0.1, 0.15) is 25.7 Å². The number of carbonyl (C=O) groups is 1. The van der Waals surface area contributed by atoms with Crippen molar-refractivity contribution in [3.8, 4) is 0 Å². The number of hydrogen-bond acceptors (Lipinski definition) is 5. The number of aliphatic hydroxyl groups is 3. The van der Waals surface area contributed by atoms with E-state index in [9.17, 15) is 20.1 Å². The SMILES string of the molecule is O=C1C=C2C[C@@]3(O)COC4CC(O)CCC4C3=C2C=C1O. The van der Waals surface area contributed by atoms with Gasteiger partial charge in [-0.15, -0.1) is 0 Å². The summed E-state index contributed by atoms with van der Waals surface area (Å²) in [6.45, 7) is 0.180. The Morgan fingerprint density at radius 2 is 2.10 bits per heavy atom. The van der Waals surface area contributed by atoms with E-state index in [1.54, 1.807) is 0 Å². The van der Waals surface area contributed by atoms with E-state index < -0.39 is 11.4 Å². The van der Waals surface area contributed by atoms with Crippen LogP contribution in [0.2, 0.25) is 0 Å². The lowest BCUT2D eigenvalue weighted by Crippen LogP contribution is -2.50. The van der Waals surface area contributed by atoms with E-state index in [2.05, 4.69) is 0 Å². The summed E-state index contributed by atoms with van der Waals surface area (Å²) in [5.41, 5.74) is 1.39. The smallest absolute Gasteiger partial charge is 0.220 e. The minimum absolute atomic E-state index is 0.0466. The topological polar surface area (TPSA) is 87.0 Å². The van der Waals surface area contributed by atoms with E-state index in [1.165, 1.54) is 12.2 Å². The number of allylic oxidation sites excluding steroid dienone is 3. The Morgan fingerprint density at radius 1 is 1.29 bits per heavy atom. The number of ether oxygens (including phenoxy) is 1. The summed E-state index contributed by atoms with van der Waals surface area (Å²) in [5.74, 6) is -0.636. The van der Waals surface area contributed by atoms with E-state index >= 15 is 0 Å². The van der Waals surface area contributed by atoms with Gasteiger partial charge in [0.25, 0.3) is 0 Å². The number of hydrogen-bond donors (Lipinski definition) is 3. The average molecular weight is 290 g/mol. The molecule has 112 valence electrons. The van der Waals surface area contributed by atoms with E-state index in [4.69, 9.17) is 4.74 Å². The van der Waals surface area contributed by atoms with Crippen molar-refractivity contribution in [3.63, 3.8) is 0 Å². The quantitative estimate of drug-likeness (QED) is 0.618. The van der Waals surface area contributed by atoms with Crippen molar-refractivity contribution < 1.29 is 24.9 Å². The van der Waals surface area contributed by atoms with Crippen LogP contribution >= 0.6 is 0 Å². The van der Waals surface area contributed by atoms with Crippen LogP contribution in [-0.2, 0) is 9.53 Å². The van der Waals surface area contributed by atoms with Crippen LogP contribution in [0.4, 0.5) is 0 Å². The van der Waals surface area contributed by atoms with Gasteiger partial charge >= 0.3 is 0 Å². The van der Waals surface area contributed by atoms with Crippen molar-refractivity contribution in [2.45, 2.75) is 43.5 Å². The zero-order valence-electron chi connectivity index (χ0n) is 11.6. The summed E-state index contributed by atoms with van der Waals surface area (Å²) in [4.78, 5) is 11.6. The zero-order chi connectivity index (χ0) is 14.8. The first-order chi connectivity index (χ1) is 9.98. The highest BCUT2D eigenvalue weighted by Gasteiger charge is 2.52. The van der Waals surface area contributed by atoms with Gasteiger partial charge in [0.2, 0.25) is 5.78 Å². The van der Waals surface area contributed by atoms with Crippen LogP contribution in [0.5, 0.6) is 0 Å². The molecule has 2 fully saturated rings. The fourth-order valence-electron chi connectivity index (χ4n) is 4.21. The van der Waals surface area contributed by atoms with Gasteiger partial charge in [0, 0.05) is 18.8 Å². The third-order valence-electron chi connectivity index (χ3n) is 5.13. The predicted octanol–water partition coefficient (Wildman–Crippen LogP) is 0.929. The molecule has 0 aromatic carbocycles. The van der Waals surface area contributed by atoms with E-state index in [0.717, 1.165) is 23.1 Å². The molecule has 1 saturated heterocycles. The summed E-state index contributed by atoms with van der Waals surface area (Å²) in [6.07, 6.45) is 4.83. The third kappa shape index (κ3) is 1.84. The molecule has 0 bridgehead atoms. The monoisotopic (exact) mass is 290 g/mol. The lowest BCUT2D eigenvalue weighted by molar-refractivity contribution is -0.128. The molecule has 3 N–H and O–H groups in total. The van der Waals surface area contributed by atoms with Gasteiger partial charge < -0.3 is 20.1 Å². The van der Waals surface area contributed by atoms with Crippen molar-refractivity contribution in [1.82, 2.24) is 0 Å². The molecule has 0 amide bonds. The van der Waals surface area contributed by atoms with Crippen LogP contribution < -0.4 is 0 Å². The normalized spacial score (nSPS) is 42.0. The molecule has 21 heavy (non-hydrogen) atoms. The first-order valence-corrected chi connectivity index (χ1v) is 7.40. The maximum absolute atomic E-state index is 11.6. The van der Waals surface area contributed by atoms with Gasteiger partial charge in [-0.25, -0.2) is 0 Å². The lowest BCUT2D eigenvalue weighted by atomic mass is 9.72. The van der Waals surface area contributed by atoms with E-state index in [0.29, 0.717) is 19.3 Å². The Hall–Kier alpha value is -1.43. The van der Waals surface area contributed by atoms with Gasteiger partial charge in [-0.2, -0.15) is 0 Å². The van der Waals surface area contributed by atoms with E-state index in [1.807, 2.05) is 0 Å². The van der Waals surface area contributed by atoms with Crippen LogP contribution in [-0.4, -0.2) is 45.5 Å². The van der Waals surface area contributed by atoms with Gasteiger partial charge in [0.1, 0.15) is 5.60 Å². The van der Waals surface area contributed by atoms with Crippen molar-refractivity contribution in [3.05, 3.63) is 34.6 Å². The minimum Gasteiger partial charge on any atom is -0.504 e. The fraction of sp³-hybridized carbons (Fsp3) is 0.562. The molecule has 0 radical (unpaired) electrons. The average Bonchev–Trinajstić information content (AvgIpc) is 2.71. The Labute approximate surface area is 122 Å². The maximum atomic E-state index is 11.6. The molecular formula is C16H18O5. The summed E-state index contributed by atoms with van der Waals surface area (Å²) >= 11 is 0. The first-order valence-electron chi connectivity index (χ1n) is 7.40. The maximum Gasteiger partial charge on any atom is 0.220 e. The number of aliphatic hydroxyl groups excluding tert-OH is 2. The molecule has 3 unspecified atom stereocenters. The second-order valence-electron chi connectivity index (χ2n) is 6.52. The standard InChI is InChI=1S/C16H18O5/c17-9-1-2-10-14(4-9)21-7-16(20)6-8-3-12(18)13(19)5-11(8)15(10)16/h3,5,9-10,14,17,19-20H,1-2,4,6-7H2/t9?,10?,14?,16-/m1/s1. The summed E-state index contributed by atoms with van der Waals surface area (Å²) < 4.78 is 5.79. The molecule has 1 aliphatic heterocycles. The van der Waals surface area contributed by atoms with Crippen molar-refractivity contribution >= 4 is 5.78 Å². The molecule has 4 atom stereocenters. The Morgan fingerprint density at radius 3 is 2.90 bits per heavy atom. The second kappa shape index (κ2) is 4.29. The first kappa shape index (κ1) is 13.2. The highest BCUT2D eigenvalue weighted by atomic mass is 16.5. The van der Waals surface area contributed by atoms with E-state index in [-0.39, 0.29) is 30.5 Å². The van der Waals surface area contributed by atoms with Gasteiger partial charge in [0.05, 0.1) is 18.8 Å². The van der Waals surface area contributed by atoms with Crippen LogP contribution in [0.3, 0.4) is 0 Å². The summed E-state index contributed by atoms with van der Waals surface area (Å²) in [7, 11) is 0. The predicted molar refractivity (Wildman–Crippen MR) is 73.5 cm³/mol. The van der Waals surface area contributed by atoms with Crippen LogP contribution in [0.25, 0.3) is 0 Å². The number of carbonyl (C=O) groups excluding carboxylic acids is 1. The highest BCUT2D eigenvalue weighted by Crippen LogP contribution is 2.52. The van der Waals surface area contributed by atoms with Gasteiger partial charge in [0.15, 0.2) is 5.76 Å². The Bertz CT molecular complexity index is 614. The molecule has 0 spiro atoms. The molecule has 5 heteroatoms. The highest BCUT2D eigenvalue weighted by molar-refractivity contribution is 6.05. The van der Waals surface area contributed by atoms with Crippen LogP contribution in [0, 0.1) is 5.92 Å². The number of rotatable bonds is 0. The summed E-state index contributed by atoms with van der Waals surface area (Å²) in [6, 6.07) is 0. The van der Waals surface area contributed by atoms with Crippen LogP contribution in [0.15, 0.2) is 34.6 Å². The third-order valence-corrected chi connectivity index (χ3v) is 5.13. The summed E-state index contributed by atoms with van der Waals surface area (Å²) in [5, 5.41) is 30.4. The molecule has 1 heterocycles.